The summed E-state index contributed by atoms with van der Waals surface area (Å²) in [7, 11) is 0. The SMILES string of the molecule is O=C(COC(=O)C=Cc1ccc([N+](=O)[O-])cc1)Nc1ccc2c(c1)OCO2. The van der Waals surface area contributed by atoms with Crippen LogP contribution in [-0.4, -0.2) is 30.2 Å². The molecule has 9 heteroatoms. The van der Waals surface area contributed by atoms with Gasteiger partial charge in [-0.2, -0.15) is 0 Å². The van der Waals surface area contributed by atoms with Crippen LogP contribution < -0.4 is 14.8 Å². The van der Waals surface area contributed by atoms with Gasteiger partial charge in [-0.1, -0.05) is 0 Å². The lowest BCUT2D eigenvalue weighted by atomic mass is 10.2. The standard InChI is InChI=1S/C18H14N2O7/c21-17(19-13-4-7-15-16(9-13)27-11-26-15)10-25-18(22)8-3-12-1-5-14(6-2-12)20(23)24/h1-9H,10-11H2,(H,19,21). The molecule has 3 rings (SSSR count). The van der Waals surface area contributed by atoms with E-state index in [1.807, 2.05) is 0 Å². The first-order valence-corrected chi connectivity index (χ1v) is 7.80. The average Bonchev–Trinajstić information content (AvgIpc) is 3.13. The van der Waals surface area contributed by atoms with Crippen LogP contribution in [0.3, 0.4) is 0 Å². The van der Waals surface area contributed by atoms with E-state index in [1.165, 1.54) is 30.3 Å². The van der Waals surface area contributed by atoms with Crippen molar-refractivity contribution < 1.29 is 28.7 Å². The molecule has 1 amide bonds. The molecule has 27 heavy (non-hydrogen) atoms. The molecular weight excluding hydrogens is 356 g/mol. The summed E-state index contributed by atoms with van der Waals surface area (Å²) >= 11 is 0. The first-order valence-electron chi connectivity index (χ1n) is 7.80. The fourth-order valence-electron chi connectivity index (χ4n) is 2.23. The van der Waals surface area contributed by atoms with Gasteiger partial charge in [0.15, 0.2) is 18.1 Å². The van der Waals surface area contributed by atoms with Crippen LogP contribution in [0.4, 0.5) is 11.4 Å². The van der Waals surface area contributed by atoms with Gasteiger partial charge >= 0.3 is 5.97 Å². The summed E-state index contributed by atoms with van der Waals surface area (Å²) in [4.78, 5) is 33.6. The van der Waals surface area contributed by atoms with Crippen LogP contribution >= 0.6 is 0 Å². The molecule has 0 spiro atoms. The van der Waals surface area contributed by atoms with E-state index >= 15 is 0 Å². The lowest BCUT2D eigenvalue weighted by Crippen LogP contribution is -2.20. The van der Waals surface area contributed by atoms with Crippen LogP contribution in [-0.2, 0) is 14.3 Å². The Morgan fingerprint density at radius 2 is 1.89 bits per heavy atom. The molecule has 9 nitrogen and oxygen atoms in total. The molecule has 0 bridgehead atoms. The number of hydrogen-bond donors (Lipinski definition) is 1. The summed E-state index contributed by atoms with van der Waals surface area (Å²) in [6.07, 6.45) is 2.57. The summed E-state index contributed by atoms with van der Waals surface area (Å²) in [5.41, 5.74) is 1.03. The van der Waals surface area contributed by atoms with Crippen LogP contribution in [0.25, 0.3) is 6.08 Å². The summed E-state index contributed by atoms with van der Waals surface area (Å²) < 4.78 is 15.2. The third kappa shape index (κ3) is 4.82. The van der Waals surface area contributed by atoms with Crippen molar-refractivity contribution in [3.05, 3.63) is 64.2 Å². The molecule has 0 aliphatic carbocycles. The number of ether oxygens (including phenoxy) is 3. The maximum absolute atomic E-state index is 11.8. The lowest BCUT2D eigenvalue weighted by Gasteiger charge is -2.06. The lowest BCUT2D eigenvalue weighted by molar-refractivity contribution is -0.384. The molecule has 2 aromatic carbocycles. The van der Waals surface area contributed by atoms with Gasteiger partial charge in [-0.15, -0.1) is 0 Å². The molecule has 1 aliphatic heterocycles. The predicted octanol–water partition coefficient (Wildman–Crippen LogP) is 2.52. The molecule has 1 aliphatic rings. The number of benzene rings is 2. The van der Waals surface area contributed by atoms with E-state index in [2.05, 4.69) is 5.32 Å². The van der Waals surface area contributed by atoms with Crippen molar-refractivity contribution in [3.8, 4) is 11.5 Å². The maximum atomic E-state index is 11.8. The third-order valence-corrected chi connectivity index (χ3v) is 3.52. The first kappa shape index (κ1) is 17.9. The second-order valence-electron chi connectivity index (χ2n) is 5.41. The van der Waals surface area contributed by atoms with Gasteiger partial charge in [0.1, 0.15) is 0 Å². The van der Waals surface area contributed by atoms with Gasteiger partial charge in [-0.05, 0) is 35.9 Å². The van der Waals surface area contributed by atoms with Gasteiger partial charge in [0.25, 0.3) is 11.6 Å². The van der Waals surface area contributed by atoms with Crippen LogP contribution in [0.5, 0.6) is 11.5 Å². The fraction of sp³-hybridized carbons (Fsp3) is 0.111. The van der Waals surface area contributed by atoms with E-state index in [4.69, 9.17) is 14.2 Å². The van der Waals surface area contributed by atoms with E-state index in [1.54, 1.807) is 18.2 Å². The number of rotatable bonds is 6. The Bertz CT molecular complexity index is 906. The van der Waals surface area contributed by atoms with Crippen molar-refractivity contribution in [2.45, 2.75) is 0 Å². The summed E-state index contributed by atoms with van der Waals surface area (Å²) in [5, 5.41) is 13.2. The highest BCUT2D eigenvalue weighted by Crippen LogP contribution is 2.34. The molecule has 0 radical (unpaired) electrons. The molecule has 1 N–H and O–H groups in total. The van der Waals surface area contributed by atoms with Gasteiger partial charge in [-0.3, -0.25) is 14.9 Å². The van der Waals surface area contributed by atoms with Crippen molar-refractivity contribution >= 4 is 29.3 Å². The number of non-ortho nitro benzene ring substituents is 1. The average molecular weight is 370 g/mol. The second kappa shape index (κ2) is 8.00. The predicted molar refractivity (Wildman–Crippen MR) is 94.3 cm³/mol. The highest BCUT2D eigenvalue weighted by atomic mass is 16.7. The number of amides is 1. The van der Waals surface area contributed by atoms with Crippen LogP contribution in [0, 0.1) is 10.1 Å². The summed E-state index contributed by atoms with van der Waals surface area (Å²) in [6, 6.07) is 10.5. The maximum Gasteiger partial charge on any atom is 0.331 e. The van der Waals surface area contributed by atoms with Crippen LogP contribution in [0.1, 0.15) is 5.56 Å². The van der Waals surface area contributed by atoms with Crippen molar-refractivity contribution in [3.63, 3.8) is 0 Å². The molecular formula is C18H14N2O7. The number of nitrogens with one attached hydrogen (secondary N) is 1. The molecule has 0 saturated carbocycles. The first-order chi connectivity index (χ1) is 13.0. The van der Waals surface area contributed by atoms with Crippen molar-refractivity contribution in [2.75, 3.05) is 18.7 Å². The Morgan fingerprint density at radius 1 is 1.15 bits per heavy atom. The molecule has 0 saturated heterocycles. The zero-order chi connectivity index (χ0) is 19.2. The van der Waals surface area contributed by atoms with Crippen LogP contribution in [0.15, 0.2) is 48.5 Å². The largest absolute Gasteiger partial charge is 0.454 e. The zero-order valence-electron chi connectivity index (χ0n) is 13.9. The van der Waals surface area contributed by atoms with Gasteiger partial charge in [-0.25, -0.2) is 4.79 Å². The van der Waals surface area contributed by atoms with E-state index in [-0.39, 0.29) is 12.5 Å². The number of carbonyl (C=O) groups excluding carboxylic acids is 2. The van der Waals surface area contributed by atoms with E-state index < -0.39 is 23.4 Å². The number of nitro benzene ring substituents is 1. The number of nitrogens with zero attached hydrogens (tertiary/aromatic N) is 1. The molecule has 0 unspecified atom stereocenters. The monoisotopic (exact) mass is 370 g/mol. The Labute approximate surface area is 153 Å². The van der Waals surface area contributed by atoms with Crippen LogP contribution in [0.2, 0.25) is 0 Å². The third-order valence-electron chi connectivity index (χ3n) is 3.52. The summed E-state index contributed by atoms with van der Waals surface area (Å²) in [5.74, 6) is -0.105. The Balaban J connectivity index is 1.46. The molecule has 0 atom stereocenters. The minimum absolute atomic E-state index is 0.0464. The topological polar surface area (TPSA) is 117 Å². The number of fused-ring (bicyclic) bond motifs is 1. The molecule has 0 aromatic heterocycles. The van der Waals surface area contributed by atoms with Gasteiger partial charge in [0, 0.05) is 30.0 Å². The Kier molecular flexibility index (Phi) is 5.31. The molecule has 0 fully saturated rings. The molecule has 2 aromatic rings. The van der Waals surface area contributed by atoms with E-state index in [9.17, 15) is 19.7 Å². The van der Waals surface area contributed by atoms with E-state index in [0.717, 1.165) is 6.08 Å². The second-order valence-corrected chi connectivity index (χ2v) is 5.41. The van der Waals surface area contributed by atoms with Crippen molar-refractivity contribution in [1.29, 1.82) is 0 Å². The highest BCUT2D eigenvalue weighted by molar-refractivity contribution is 5.94. The minimum Gasteiger partial charge on any atom is -0.454 e. The zero-order valence-corrected chi connectivity index (χ0v) is 13.9. The Morgan fingerprint density at radius 3 is 2.63 bits per heavy atom. The number of anilines is 1. The van der Waals surface area contributed by atoms with Crippen molar-refractivity contribution in [2.24, 2.45) is 0 Å². The fourth-order valence-corrected chi connectivity index (χ4v) is 2.23. The number of carbonyl (C=O) groups is 2. The van der Waals surface area contributed by atoms with Crippen molar-refractivity contribution in [1.82, 2.24) is 0 Å². The quantitative estimate of drug-likeness (QED) is 0.359. The number of esters is 1. The normalized spacial score (nSPS) is 12.0. The van der Waals surface area contributed by atoms with E-state index in [0.29, 0.717) is 22.7 Å². The number of nitro groups is 1. The highest BCUT2D eigenvalue weighted by Gasteiger charge is 2.14. The van der Waals surface area contributed by atoms with Gasteiger partial charge < -0.3 is 19.5 Å². The minimum atomic E-state index is -0.714. The smallest absolute Gasteiger partial charge is 0.331 e. The Hall–Kier alpha value is -3.88. The summed E-state index contributed by atoms with van der Waals surface area (Å²) in [6.45, 7) is -0.330. The van der Waals surface area contributed by atoms with Gasteiger partial charge in [0.2, 0.25) is 6.79 Å². The van der Waals surface area contributed by atoms with Gasteiger partial charge in [0.05, 0.1) is 4.92 Å². The molecule has 1 heterocycles. The molecule has 138 valence electrons. The number of hydrogen-bond acceptors (Lipinski definition) is 7.